The van der Waals surface area contributed by atoms with Crippen LogP contribution in [0.3, 0.4) is 0 Å². The molecule has 0 amide bonds. The Morgan fingerprint density at radius 1 is 1.09 bits per heavy atom. The van der Waals surface area contributed by atoms with E-state index in [9.17, 15) is 22.9 Å². The third-order valence-corrected chi connectivity index (χ3v) is 5.47. The van der Waals surface area contributed by atoms with Gasteiger partial charge in [-0.15, -0.1) is 0 Å². The number of methoxy groups -OCH3 is 1. The summed E-state index contributed by atoms with van der Waals surface area (Å²) in [6.07, 6.45) is 1.23. The van der Waals surface area contributed by atoms with E-state index in [0.717, 1.165) is 6.07 Å². The van der Waals surface area contributed by atoms with Crippen LogP contribution in [0, 0.1) is 15.9 Å². The average Bonchev–Trinajstić information content (AvgIpc) is 2.79. The zero-order valence-electron chi connectivity index (χ0n) is 16.8. The molecule has 3 rings (SSSR count). The maximum atomic E-state index is 13.7. The molecule has 3 aromatic rings. The van der Waals surface area contributed by atoms with Crippen LogP contribution in [0.15, 0.2) is 76.7 Å². The first-order valence-corrected chi connectivity index (χ1v) is 10.6. The lowest BCUT2D eigenvalue weighted by Crippen LogP contribution is -2.18. The lowest BCUT2D eigenvalue weighted by molar-refractivity contribution is -0.385. The van der Waals surface area contributed by atoms with Crippen LogP contribution in [0.4, 0.5) is 10.1 Å². The van der Waals surface area contributed by atoms with Gasteiger partial charge in [0.2, 0.25) is 0 Å². The minimum Gasteiger partial charge on any atom is -0.493 e. The van der Waals surface area contributed by atoms with Crippen LogP contribution in [0.5, 0.6) is 11.5 Å². The number of sulfonamides is 1. The van der Waals surface area contributed by atoms with Gasteiger partial charge in [-0.3, -0.25) is 10.1 Å². The van der Waals surface area contributed by atoms with Gasteiger partial charge < -0.3 is 9.47 Å². The Morgan fingerprint density at radius 2 is 1.88 bits per heavy atom. The fourth-order valence-corrected chi connectivity index (χ4v) is 3.47. The van der Waals surface area contributed by atoms with E-state index in [1.54, 1.807) is 36.4 Å². The van der Waals surface area contributed by atoms with Gasteiger partial charge >= 0.3 is 0 Å². The molecule has 11 heteroatoms. The van der Waals surface area contributed by atoms with Crippen molar-refractivity contribution in [2.45, 2.75) is 11.5 Å². The molecule has 3 aromatic carbocycles. The number of hydrazone groups is 1. The van der Waals surface area contributed by atoms with Gasteiger partial charge in [0.25, 0.3) is 15.7 Å². The van der Waals surface area contributed by atoms with Crippen LogP contribution in [-0.4, -0.2) is 26.7 Å². The van der Waals surface area contributed by atoms with E-state index in [1.807, 2.05) is 4.83 Å². The molecule has 166 valence electrons. The van der Waals surface area contributed by atoms with Gasteiger partial charge in [-0.2, -0.15) is 13.5 Å². The van der Waals surface area contributed by atoms with Crippen LogP contribution < -0.4 is 14.3 Å². The number of benzene rings is 3. The standard InChI is InChI=1S/C21H18FN3O6S/c1-30-21-11-15(9-10-20(21)31-14-16-5-2-3-8-19(16)22)13-23-24-32(28,29)18-7-4-6-17(12-18)25(26)27/h2-13,24H,14H2,1H3. The summed E-state index contributed by atoms with van der Waals surface area (Å²) in [6.45, 7) is -0.000515. The van der Waals surface area contributed by atoms with Gasteiger partial charge in [0.05, 0.1) is 23.1 Å². The van der Waals surface area contributed by atoms with Crippen molar-refractivity contribution in [1.82, 2.24) is 4.83 Å². The predicted octanol–water partition coefficient (Wildman–Crippen LogP) is 3.63. The van der Waals surface area contributed by atoms with Gasteiger partial charge in [0.1, 0.15) is 12.4 Å². The fourth-order valence-electron chi connectivity index (χ4n) is 2.64. The van der Waals surface area contributed by atoms with E-state index in [2.05, 4.69) is 5.10 Å². The Hall–Kier alpha value is -3.99. The van der Waals surface area contributed by atoms with Crippen molar-refractivity contribution < 1.29 is 27.2 Å². The first-order chi connectivity index (χ1) is 15.3. The topological polar surface area (TPSA) is 120 Å². The van der Waals surface area contributed by atoms with Crippen LogP contribution in [0.2, 0.25) is 0 Å². The Labute approximate surface area is 183 Å². The van der Waals surface area contributed by atoms with Crippen molar-refractivity contribution >= 4 is 21.9 Å². The Morgan fingerprint density at radius 3 is 2.59 bits per heavy atom. The molecular weight excluding hydrogens is 441 g/mol. The van der Waals surface area contributed by atoms with Gasteiger partial charge in [0.15, 0.2) is 11.5 Å². The van der Waals surface area contributed by atoms with E-state index in [-0.39, 0.29) is 23.0 Å². The molecule has 0 bridgehead atoms. The zero-order valence-corrected chi connectivity index (χ0v) is 17.6. The summed E-state index contributed by atoms with van der Waals surface area (Å²) in [6, 6.07) is 15.6. The molecular formula is C21H18FN3O6S. The molecule has 0 saturated heterocycles. The third-order valence-electron chi connectivity index (χ3n) is 4.25. The summed E-state index contributed by atoms with van der Waals surface area (Å²) in [5, 5.41) is 14.5. The second-order valence-corrected chi connectivity index (χ2v) is 8.06. The molecule has 0 aromatic heterocycles. The first kappa shape index (κ1) is 22.7. The van der Waals surface area contributed by atoms with Crippen molar-refractivity contribution in [3.8, 4) is 11.5 Å². The number of halogens is 1. The third kappa shape index (κ3) is 5.58. The van der Waals surface area contributed by atoms with Crippen LogP contribution >= 0.6 is 0 Å². The highest BCUT2D eigenvalue weighted by molar-refractivity contribution is 7.89. The minimum atomic E-state index is -4.10. The summed E-state index contributed by atoms with van der Waals surface area (Å²) in [4.78, 5) is 11.8. The SMILES string of the molecule is COc1cc(C=NNS(=O)(=O)c2cccc([N+](=O)[O-])c2)ccc1OCc1ccccc1F. The number of hydrogen-bond acceptors (Lipinski definition) is 7. The van der Waals surface area contributed by atoms with Crippen LogP contribution in [-0.2, 0) is 16.6 Å². The lowest BCUT2D eigenvalue weighted by Gasteiger charge is -2.11. The molecule has 0 saturated carbocycles. The number of nitrogens with zero attached hydrogens (tertiary/aromatic N) is 2. The molecule has 0 unspecified atom stereocenters. The molecule has 0 spiro atoms. The molecule has 9 nitrogen and oxygen atoms in total. The largest absolute Gasteiger partial charge is 0.493 e. The Kier molecular flexibility index (Phi) is 7.00. The number of nitro benzene ring substituents is 1. The van der Waals surface area contributed by atoms with Crippen molar-refractivity contribution in [1.29, 1.82) is 0 Å². The van der Waals surface area contributed by atoms with Crippen LogP contribution in [0.25, 0.3) is 0 Å². The van der Waals surface area contributed by atoms with E-state index >= 15 is 0 Å². The van der Waals surface area contributed by atoms with Crippen molar-refractivity contribution in [3.05, 3.63) is 93.8 Å². The maximum Gasteiger partial charge on any atom is 0.276 e. The lowest BCUT2D eigenvalue weighted by atomic mass is 10.2. The summed E-state index contributed by atoms with van der Waals surface area (Å²) in [5.74, 6) is 0.322. The first-order valence-electron chi connectivity index (χ1n) is 9.14. The molecule has 0 atom stereocenters. The summed E-state index contributed by atoms with van der Waals surface area (Å²) in [5.41, 5.74) is 0.519. The van der Waals surface area contributed by atoms with E-state index in [0.29, 0.717) is 22.6 Å². The monoisotopic (exact) mass is 459 g/mol. The van der Waals surface area contributed by atoms with Gasteiger partial charge in [-0.25, -0.2) is 9.22 Å². The van der Waals surface area contributed by atoms with Crippen molar-refractivity contribution in [2.24, 2.45) is 5.10 Å². The Balaban J connectivity index is 1.70. The number of ether oxygens (including phenoxy) is 2. The minimum absolute atomic E-state index is 0.000515. The van der Waals surface area contributed by atoms with E-state index in [4.69, 9.17) is 9.47 Å². The van der Waals surface area contributed by atoms with Gasteiger partial charge in [0, 0.05) is 17.7 Å². The highest BCUT2D eigenvalue weighted by atomic mass is 32.2. The molecule has 0 aliphatic heterocycles. The molecule has 0 fully saturated rings. The van der Waals surface area contributed by atoms with Crippen molar-refractivity contribution in [2.75, 3.05) is 7.11 Å². The normalized spacial score (nSPS) is 11.3. The molecule has 0 heterocycles. The highest BCUT2D eigenvalue weighted by Gasteiger charge is 2.16. The second-order valence-electron chi connectivity index (χ2n) is 6.40. The average molecular weight is 459 g/mol. The predicted molar refractivity (Wildman–Crippen MR) is 115 cm³/mol. The molecule has 1 N–H and O–H groups in total. The summed E-state index contributed by atoms with van der Waals surface area (Å²) < 4.78 is 49.2. The number of hydrogen-bond donors (Lipinski definition) is 1. The highest BCUT2D eigenvalue weighted by Crippen LogP contribution is 2.28. The summed E-state index contributed by atoms with van der Waals surface area (Å²) >= 11 is 0. The number of nitro groups is 1. The van der Waals surface area contributed by atoms with Crippen molar-refractivity contribution in [3.63, 3.8) is 0 Å². The number of nitrogens with one attached hydrogen (secondary N) is 1. The second kappa shape index (κ2) is 9.88. The van der Waals surface area contributed by atoms with Crippen LogP contribution in [0.1, 0.15) is 11.1 Å². The summed E-state index contributed by atoms with van der Waals surface area (Å²) in [7, 11) is -2.67. The van der Waals surface area contributed by atoms with Gasteiger partial charge in [-0.1, -0.05) is 24.3 Å². The Bertz CT molecular complexity index is 1260. The van der Waals surface area contributed by atoms with Gasteiger partial charge in [-0.05, 0) is 35.9 Å². The van der Waals surface area contributed by atoms with E-state index in [1.165, 1.54) is 37.6 Å². The molecule has 0 aliphatic carbocycles. The number of rotatable bonds is 9. The number of non-ortho nitro benzene ring substituents is 1. The fraction of sp³-hybridized carbons (Fsp3) is 0.0952. The zero-order chi connectivity index (χ0) is 23.1. The quantitative estimate of drug-likeness (QED) is 0.296. The molecule has 0 radical (unpaired) electrons. The maximum absolute atomic E-state index is 13.7. The molecule has 32 heavy (non-hydrogen) atoms. The van der Waals surface area contributed by atoms with E-state index < -0.39 is 14.9 Å². The molecule has 0 aliphatic rings. The smallest absolute Gasteiger partial charge is 0.276 e.